The Kier molecular flexibility index (Phi) is 6.05. The molecule has 0 aliphatic rings. The highest BCUT2D eigenvalue weighted by atomic mass is 32.2. The predicted molar refractivity (Wildman–Crippen MR) is 116 cm³/mol. The van der Waals surface area contributed by atoms with Crippen molar-refractivity contribution in [3.05, 3.63) is 90.5 Å². The number of aromatic nitrogens is 4. The van der Waals surface area contributed by atoms with Crippen LogP contribution in [0.3, 0.4) is 0 Å². The molecule has 0 saturated carbocycles. The number of benzene rings is 3. The van der Waals surface area contributed by atoms with Gasteiger partial charge in [-0.1, -0.05) is 60.3 Å². The van der Waals surface area contributed by atoms with E-state index in [1.54, 1.807) is 36.1 Å². The van der Waals surface area contributed by atoms with Crippen LogP contribution < -0.4 is 10.1 Å². The number of anilines is 1. The van der Waals surface area contributed by atoms with E-state index in [2.05, 4.69) is 20.8 Å². The van der Waals surface area contributed by atoms with Crippen LogP contribution in [0.1, 0.15) is 10.8 Å². The molecule has 1 N–H and O–H groups in total. The molecule has 0 fully saturated rings. The van der Waals surface area contributed by atoms with Crippen molar-refractivity contribution in [2.45, 2.75) is 10.4 Å². The molecule has 7 nitrogen and oxygen atoms in total. The number of thioether (sulfide) groups is 1. The van der Waals surface area contributed by atoms with Crippen molar-refractivity contribution in [1.29, 1.82) is 0 Å². The topological polar surface area (TPSA) is 81.9 Å². The van der Waals surface area contributed by atoms with Crippen molar-refractivity contribution < 1.29 is 9.53 Å². The number of hydrogen-bond donors (Lipinski definition) is 1. The second-order valence-corrected chi connectivity index (χ2v) is 7.41. The van der Waals surface area contributed by atoms with Gasteiger partial charge in [0.05, 0.1) is 12.8 Å². The van der Waals surface area contributed by atoms with Crippen LogP contribution in [0.5, 0.6) is 5.75 Å². The van der Waals surface area contributed by atoms with Gasteiger partial charge in [-0.3, -0.25) is 4.79 Å². The lowest BCUT2D eigenvalue weighted by Gasteiger charge is -2.16. The Morgan fingerprint density at radius 1 is 0.967 bits per heavy atom. The maximum atomic E-state index is 13.2. The number of rotatable bonds is 7. The fourth-order valence-electron chi connectivity index (χ4n) is 2.87. The molecule has 4 rings (SSSR count). The maximum absolute atomic E-state index is 13.2. The molecular weight excluding hydrogens is 398 g/mol. The van der Waals surface area contributed by atoms with Crippen molar-refractivity contribution in [2.24, 2.45) is 0 Å². The fraction of sp³-hybridized carbons (Fsp3) is 0.0909. The number of para-hydroxylation sites is 1. The van der Waals surface area contributed by atoms with E-state index < -0.39 is 5.25 Å². The molecular formula is C22H19N5O2S. The zero-order chi connectivity index (χ0) is 20.8. The Morgan fingerprint density at radius 2 is 1.63 bits per heavy atom. The van der Waals surface area contributed by atoms with E-state index in [4.69, 9.17) is 4.74 Å². The molecule has 0 aliphatic carbocycles. The first-order valence-electron chi connectivity index (χ1n) is 9.25. The average Bonchev–Trinajstić information content (AvgIpc) is 3.27. The summed E-state index contributed by atoms with van der Waals surface area (Å²) in [5.41, 5.74) is 2.37. The first-order valence-corrected chi connectivity index (χ1v) is 10.1. The molecule has 0 aliphatic heterocycles. The Labute approximate surface area is 178 Å². The minimum atomic E-state index is -0.540. The number of nitrogens with zero attached hydrogens (tertiary/aromatic N) is 4. The van der Waals surface area contributed by atoms with Crippen LogP contribution in [0.15, 0.2) is 90.1 Å². The van der Waals surface area contributed by atoms with Gasteiger partial charge in [-0.15, -0.1) is 5.10 Å². The highest BCUT2D eigenvalue weighted by Gasteiger charge is 2.25. The fourth-order valence-corrected chi connectivity index (χ4v) is 3.87. The Hall–Kier alpha value is -3.65. The van der Waals surface area contributed by atoms with Crippen molar-refractivity contribution in [1.82, 2.24) is 20.2 Å². The van der Waals surface area contributed by atoms with Gasteiger partial charge in [-0.2, -0.15) is 4.68 Å². The summed E-state index contributed by atoms with van der Waals surface area (Å²) >= 11 is 1.30. The third-order valence-electron chi connectivity index (χ3n) is 4.36. The zero-order valence-electron chi connectivity index (χ0n) is 16.2. The average molecular weight is 417 g/mol. The van der Waals surface area contributed by atoms with Crippen LogP contribution in [-0.2, 0) is 4.79 Å². The van der Waals surface area contributed by atoms with E-state index in [9.17, 15) is 4.79 Å². The standard InChI is InChI=1S/C22H19N5O2S/c1-29-19-14-12-17(13-15-19)23-21(28)20(16-8-4-2-5-9-16)30-22-24-25-26-27(22)18-10-6-3-7-11-18/h2-15,20H,1H3,(H,23,28). The van der Waals surface area contributed by atoms with Gasteiger partial charge >= 0.3 is 0 Å². The van der Waals surface area contributed by atoms with Crippen LogP contribution in [0.4, 0.5) is 5.69 Å². The van der Waals surface area contributed by atoms with Gasteiger partial charge in [-0.05, 0) is 52.4 Å². The van der Waals surface area contributed by atoms with E-state index >= 15 is 0 Å². The Bertz CT molecular complexity index is 1100. The Morgan fingerprint density at radius 3 is 2.30 bits per heavy atom. The molecule has 1 unspecified atom stereocenters. The monoisotopic (exact) mass is 417 g/mol. The summed E-state index contributed by atoms with van der Waals surface area (Å²) in [7, 11) is 1.60. The molecule has 1 heterocycles. The number of amides is 1. The second kappa shape index (κ2) is 9.23. The predicted octanol–water partition coefficient (Wildman–Crippen LogP) is 4.14. The smallest absolute Gasteiger partial charge is 0.242 e. The molecule has 1 amide bonds. The molecule has 3 aromatic carbocycles. The van der Waals surface area contributed by atoms with Gasteiger partial charge in [0, 0.05) is 5.69 Å². The number of hydrogen-bond acceptors (Lipinski definition) is 6. The number of nitrogens with one attached hydrogen (secondary N) is 1. The highest BCUT2D eigenvalue weighted by Crippen LogP contribution is 2.35. The highest BCUT2D eigenvalue weighted by molar-refractivity contribution is 8.00. The summed E-state index contributed by atoms with van der Waals surface area (Å²) in [5, 5.41) is 15.0. The molecule has 150 valence electrons. The molecule has 8 heteroatoms. The summed E-state index contributed by atoms with van der Waals surface area (Å²) in [5.74, 6) is 0.558. The molecule has 0 saturated heterocycles. The molecule has 4 aromatic rings. The molecule has 1 aromatic heterocycles. The molecule has 0 bridgehead atoms. The lowest BCUT2D eigenvalue weighted by molar-refractivity contribution is -0.115. The molecule has 30 heavy (non-hydrogen) atoms. The van der Waals surface area contributed by atoms with Crippen LogP contribution in [0, 0.1) is 0 Å². The second-order valence-electron chi connectivity index (χ2n) is 6.34. The lowest BCUT2D eigenvalue weighted by Crippen LogP contribution is -2.19. The minimum absolute atomic E-state index is 0.168. The van der Waals surface area contributed by atoms with E-state index in [0.29, 0.717) is 10.8 Å². The van der Waals surface area contributed by atoms with Crippen LogP contribution in [0.2, 0.25) is 0 Å². The summed E-state index contributed by atoms with van der Waals surface area (Å²) in [6.45, 7) is 0. The van der Waals surface area contributed by atoms with Crippen LogP contribution in [0.25, 0.3) is 5.69 Å². The number of carbonyl (C=O) groups excluding carboxylic acids is 1. The third-order valence-corrected chi connectivity index (χ3v) is 5.55. The molecule has 0 spiro atoms. The summed E-state index contributed by atoms with van der Waals surface area (Å²) in [6.07, 6.45) is 0. The van der Waals surface area contributed by atoms with Crippen molar-refractivity contribution in [3.63, 3.8) is 0 Å². The number of ether oxygens (including phenoxy) is 1. The van der Waals surface area contributed by atoms with Gasteiger partial charge in [0.25, 0.3) is 0 Å². The normalized spacial score (nSPS) is 11.6. The first kappa shape index (κ1) is 19.7. The summed E-state index contributed by atoms with van der Waals surface area (Å²) < 4.78 is 6.80. The van der Waals surface area contributed by atoms with Crippen molar-refractivity contribution >= 4 is 23.4 Å². The molecule has 1 atom stereocenters. The quantitative estimate of drug-likeness (QED) is 0.455. The third kappa shape index (κ3) is 4.49. The maximum Gasteiger partial charge on any atom is 0.242 e. The first-order chi connectivity index (χ1) is 14.7. The van der Waals surface area contributed by atoms with Gasteiger partial charge < -0.3 is 10.1 Å². The summed E-state index contributed by atoms with van der Waals surface area (Å²) in [4.78, 5) is 13.2. The Balaban J connectivity index is 1.61. The van der Waals surface area contributed by atoms with Crippen LogP contribution in [-0.4, -0.2) is 33.2 Å². The van der Waals surface area contributed by atoms with Gasteiger partial charge in [0.1, 0.15) is 11.0 Å². The largest absolute Gasteiger partial charge is 0.497 e. The van der Waals surface area contributed by atoms with E-state index in [1.807, 2.05) is 60.7 Å². The van der Waals surface area contributed by atoms with Crippen molar-refractivity contribution in [3.8, 4) is 11.4 Å². The zero-order valence-corrected chi connectivity index (χ0v) is 17.0. The van der Waals surface area contributed by atoms with E-state index in [0.717, 1.165) is 17.0 Å². The van der Waals surface area contributed by atoms with E-state index in [1.165, 1.54) is 11.8 Å². The van der Waals surface area contributed by atoms with Gasteiger partial charge in [0.2, 0.25) is 11.1 Å². The lowest BCUT2D eigenvalue weighted by atomic mass is 10.1. The minimum Gasteiger partial charge on any atom is -0.497 e. The number of carbonyl (C=O) groups is 1. The van der Waals surface area contributed by atoms with Gasteiger partial charge in [-0.25, -0.2) is 0 Å². The van der Waals surface area contributed by atoms with E-state index in [-0.39, 0.29) is 5.91 Å². The van der Waals surface area contributed by atoms with Gasteiger partial charge in [0.15, 0.2) is 0 Å². The molecule has 0 radical (unpaired) electrons. The number of tetrazole rings is 1. The van der Waals surface area contributed by atoms with Crippen molar-refractivity contribution in [2.75, 3.05) is 12.4 Å². The number of methoxy groups -OCH3 is 1. The SMILES string of the molecule is COc1ccc(NC(=O)C(Sc2nnnn2-c2ccccc2)c2ccccc2)cc1. The summed E-state index contributed by atoms with van der Waals surface area (Å²) in [6, 6.07) is 26.4. The van der Waals surface area contributed by atoms with Crippen LogP contribution >= 0.6 is 11.8 Å².